The number of hydrogen-bond donors (Lipinski definition) is 3. The van der Waals surface area contributed by atoms with Crippen molar-refractivity contribution in [3.8, 4) is 0 Å². The number of carbonyl (C=O) groups excluding carboxylic acids is 1. The summed E-state index contributed by atoms with van der Waals surface area (Å²) in [5, 5.41) is 12.2. The second-order valence-corrected chi connectivity index (χ2v) is 3.79. The number of aliphatic hydroxyl groups excluding tert-OH is 1. The lowest BCUT2D eigenvalue weighted by molar-refractivity contribution is -0.128. The topological polar surface area (TPSA) is 75.3 Å². The third kappa shape index (κ3) is 4.31. The first-order chi connectivity index (χ1) is 7.50. The van der Waals surface area contributed by atoms with Gasteiger partial charge in [0, 0.05) is 12.2 Å². The molecule has 0 aromatic carbocycles. The Balaban J connectivity index is 4.56. The van der Waals surface area contributed by atoms with Crippen LogP contribution >= 0.6 is 0 Å². The average molecular weight is 224 g/mol. The molecule has 0 saturated carbocycles. The molecule has 90 valence electrons. The molecule has 4 heteroatoms. The van der Waals surface area contributed by atoms with Gasteiger partial charge in [-0.25, -0.2) is 0 Å². The number of aliphatic hydroxyl groups is 1. The SMILES string of the molecule is C=C/C=C(\C=C/C)NCC(C)(CO)C(N)=O. The fourth-order valence-corrected chi connectivity index (χ4v) is 0.998. The van der Waals surface area contributed by atoms with Gasteiger partial charge in [0.25, 0.3) is 0 Å². The van der Waals surface area contributed by atoms with Crippen LogP contribution in [0.5, 0.6) is 0 Å². The second-order valence-electron chi connectivity index (χ2n) is 3.79. The molecule has 4 N–H and O–H groups in total. The van der Waals surface area contributed by atoms with Crippen LogP contribution in [0.2, 0.25) is 0 Å². The monoisotopic (exact) mass is 224 g/mol. The fourth-order valence-electron chi connectivity index (χ4n) is 0.998. The molecule has 0 fully saturated rings. The molecule has 0 radical (unpaired) electrons. The lowest BCUT2D eigenvalue weighted by Crippen LogP contribution is -2.45. The number of hydrogen-bond acceptors (Lipinski definition) is 3. The predicted molar refractivity (Wildman–Crippen MR) is 65.5 cm³/mol. The Kier molecular flexibility index (Phi) is 6.18. The average Bonchev–Trinajstić information content (AvgIpc) is 2.25. The quantitative estimate of drug-likeness (QED) is 0.557. The van der Waals surface area contributed by atoms with E-state index in [2.05, 4.69) is 11.9 Å². The van der Waals surface area contributed by atoms with Crippen molar-refractivity contribution < 1.29 is 9.90 Å². The van der Waals surface area contributed by atoms with Crippen LogP contribution in [0.25, 0.3) is 0 Å². The zero-order valence-corrected chi connectivity index (χ0v) is 9.86. The zero-order chi connectivity index (χ0) is 12.6. The van der Waals surface area contributed by atoms with Crippen LogP contribution in [-0.2, 0) is 4.79 Å². The van der Waals surface area contributed by atoms with E-state index in [1.165, 1.54) is 0 Å². The number of nitrogens with one attached hydrogen (secondary N) is 1. The van der Waals surface area contributed by atoms with Crippen molar-refractivity contribution in [2.45, 2.75) is 13.8 Å². The van der Waals surface area contributed by atoms with E-state index in [9.17, 15) is 4.79 Å². The summed E-state index contributed by atoms with van der Waals surface area (Å²) in [6.07, 6.45) is 7.13. The Morgan fingerprint density at radius 2 is 2.25 bits per heavy atom. The van der Waals surface area contributed by atoms with Crippen molar-refractivity contribution >= 4 is 5.91 Å². The molecular formula is C12H20N2O2. The summed E-state index contributed by atoms with van der Waals surface area (Å²) in [5.74, 6) is -0.527. The van der Waals surface area contributed by atoms with Crippen LogP contribution in [0, 0.1) is 5.41 Å². The minimum atomic E-state index is -0.957. The lowest BCUT2D eigenvalue weighted by atomic mass is 9.91. The van der Waals surface area contributed by atoms with E-state index in [0.29, 0.717) is 0 Å². The minimum Gasteiger partial charge on any atom is -0.395 e. The van der Waals surface area contributed by atoms with Crippen LogP contribution < -0.4 is 11.1 Å². The molecule has 0 aliphatic carbocycles. The number of amides is 1. The first kappa shape index (κ1) is 14.5. The van der Waals surface area contributed by atoms with Crippen LogP contribution in [0.1, 0.15) is 13.8 Å². The molecule has 0 aromatic rings. The molecule has 0 aromatic heterocycles. The van der Waals surface area contributed by atoms with Crippen LogP contribution in [0.4, 0.5) is 0 Å². The maximum atomic E-state index is 11.1. The summed E-state index contributed by atoms with van der Waals surface area (Å²) in [6, 6.07) is 0. The minimum absolute atomic E-state index is 0.281. The Bertz CT molecular complexity index is 308. The first-order valence-corrected chi connectivity index (χ1v) is 5.10. The van der Waals surface area contributed by atoms with E-state index in [1.54, 1.807) is 19.1 Å². The smallest absolute Gasteiger partial charge is 0.227 e. The predicted octanol–water partition coefficient (Wildman–Crippen LogP) is 0.706. The van der Waals surface area contributed by atoms with E-state index >= 15 is 0 Å². The van der Waals surface area contributed by atoms with E-state index in [-0.39, 0.29) is 13.2 Å². The van der Waals surface area contributed by atoms with Crippen molar-refractivity contribution in [1.29, 1.82) is 0 Å². The highest BCUT2D eigenvalue weighted by molar-refractivity contribution is 5.80. The van der Waals surface area contributed by atoms with Crippen molar-refractivity contribution in [2.75, 3.05) is 13.2 Å². The molecule has 1 unspecified atom stereocenters. The van der Waals surface area contributed by atoms with Gasteiger partial charge in [0.05, 0.1) is 12.0 Å². The summed E-state index contributed by atoms with van der Waals surface area (Å²) in [7, 11) is 0. The third-order valence-electron chi connectivity index (χ3n) is 2.27. The second kappa shape index (κ2) is 6.85. The highest BCUT2D eigenvalue weighted by Gasteiger charge is 2.30. The van der Waals surface area contributed by atoms with Gasteiger partial charge in [-0.3, -0.25) is 4.79 Å². The van der Waals surface area contributed by atoms with Gasteiger partial charge in [-0.15, -0.1) is 0 Å². The highest BCUT2D eigenvalue weighted by Crippen LogP contribution is 2.13. The van der Waals surface area contributed by atoms with Crippen molar-refractivity contribution in [3.63, 3.8) is 0 Å². The number of nitrogens with two attached hydrogens (primary N) is 1. The molecule has 0 aliphatic rings. The summed E-state index contributed by atoms with van der Waals surface area (Å²) >= 11 is 0. The van der Waals surface area contributed by atoms with E-state index in [1.807, 2.05) is 19.1 Å². The van der Waals surface area contributed by atoms with Crippen molar-refractivity contribution in [2.24, 2.45) is 11.1 Å². The lowest BCUT2D eigenvalue weighted by Gasteiger charge is -2.24. The number of allylic oxidation sites excluding steroid dienone is 4. The van der Waals surface area contributed by atoms with E-state index < -0.39 is 11.3 Å². The largest absolute Gasteiger partial charge is 0.395 e. The van der Waals surface area contributed by atoms with Crippen LogP contribution in [0.3, 0.4) is 0 Å². The Labute approximate surface area is 96.5 Å². The van der Waals surface area contributed by atoms with Gasteiger partial charge in [0.15, 0.2) is 0 Å². The van der Waals surface area contributed by atoms with Crippen LogP contribution in [-0.4, -0.2) is 24.2 Å². The normalized spacial score (nSPS) is 15.8. The Morgan fingerprint density at radius 1 is 1.62 bits per heavy atom. The molecular weight excluding hydrogens is 204 g/mol. The number of rotatable bonds is 7. The summed E-state index contributed by atoms with van der Waals surface area (Å²) in [4.78, 5) is 11.1. The molecule has 0 saturated heterocycles. The number of primary amides is 1. The molecule has 1 amide bonds. The molecule has 0 spiro atoms. The van der Waals surface area contributed by atoms with E-state index in [4.69, 9.17) is 10.8 Å². The van der Waals surface area contributed by atoms with Gasteiger partial charge < -0.3 is 16.2 Å². The Hall–Kier alpha value is -1.55. The molecule has 0 rings (SSSR count). The maximum absolute atomic E-state index is 11.1. The highest BCUT2D eigenvalue weighted by atomic mass is 16.3. The van der Waals surface area contributed by atoms with Gasteiger partial charge in [0.1, 0.15) is 0 Å². The molecule has 16 heavy (non-hydrogen) atoms. The third-order valence-corrected chi connectivity index (χ3v) is 2.27. The van der Waals surface area contributed by atoms with Gasteiger partial charge >= 0.3 is 0 Å². The molecule has 1 atom stereocenters. The number of carbonyl (C=O) groups is 1. The first-order valence-electron chi connectivity index (χ1n) is 5.10. The summed E-state index contributed by atoms with van der Waals surface area (Å²) < 4.78 is 0. The maximum Gasteiger partial charge on any atom is 0.227 e. The zero-order valence-electron chi connectivity index (χ0n) is 9.86. The van der Waals surface area contributed by atoms with Gasteiger partial charge in [-0.05, 0) is 26.0 Å². The van der Waals surface area contributed by atoms with Gasteiger partial charge in [-0.1, -0.05) is 18.7 Å². The van der Waals surface area contributed by atoms with Crippen molar-refractivity contribution in [3.05, 3.63) is 36.6 Å². The van der Waals surface area contributed by atoms with Crippen molar-refractivity contribution in [1.82, 2.24) is 5.32 Å². The van der Waals surface area contributed by atoms with Crippen LogP contribution in [0.15, 0.2) is 36.6 Å². The molecule has 0 aliphatic heterocycles. The van der Waals surface area contributed by atoms with E-state index in [0.717, 1.165) is 5.70 Å². The fraction of sp³-hybridized carbons (Fsp3) is 0.417. The molecule has 0 heterocycles. The molecule has 4 nitrogen and oxygen atoms in total. The van der Waals surface area contributed by atoms with Gasteiger partial charge in [0.2, 0.25) is 5.91 Å². The van der Waals surface area contributed by atoms with Gasteiger partial charge in [-0.2, -0.15) is 0 Å². The summed E-state index contributed by atoms with van der Waals surface area (Å²) in [6.45, 7) is 7.09. The Morgan fingerprint density at radius 3 is 2.62 bits per heavy atom. The molecule has 0 bridgehead atoms. The summed E-state index contributed by atoms with van der Waals surface area (Å²) in [5.41, 5.74) is 5.08. The standard InChI is InChI=1S/C12H20N2O2/c1-4-6-10(7-5-2)14-8-12(3,9-15)11(13)16/h4-7,14-15H,1,8-9H2,2-3H3,(H2,13,16)/b7-5-,10-6+.